The molecule has 0 radical (unpaired) electrons. The number of urea groups is 2. The first-order chi connectivity index (χ1) is 9.44. The Hall–Kier alpha value is -1.24. The third-order valence-corrected chi connectivity index (χ3v) is 4.69. The van der Waals surface area contributed by atoms with Crippen LogP contribution in [0.3, 0.4) is 0 Å². The van der Waals surface area contributed by atoms with E-state index < -0.39 is 0 Å². The van der Waals surface area contributed by atoms with E-state index in [-0.39, 0.29) is 17.6 Å². The Bertz CT molecular complexity index is 428. The molecule has 0 aromatic rings. The van der Waals surface area contributed by atoms with Crippen LogP contribution in [0.2, 0.25) is 0 Å². The predicted molar refractivity (Wildman–Crippen MR) is 81.0 cm³/mol. The van der Waals surface area contributed by atoms with Crippen LogP contribution >= 0.6 is 11.8 Å². The van der Waals surface area contributed by atoms with E-state index in [1.54, 1.807) is 20.4 Å². The lowest BCUT2D eigenvalue weighted by Gasteiger charge is -2.28. The lowest BCUT2D eigenvalue weighted by molar-refractivity contribution is 0.227. The topological polar surface area (TPSA) is 73.8 Å². The Morgan fingerprint density at radius 3 is 2.40 bits per heavy atom. The summed E-state index contributed by atoms with van der Waals surface area (Å²) in [7, 11) is 3.25. The first kappa shape index (κ1) is 15.2. The van der Waals surface area contributed by atoms with E-state index >= 15 is 0 Å². The summed E-state index contributed by atoms with van der Waals surface area (Å²) in [5.41, 5.74) is -0.0240. The van der Waals surface area contributed by atoms with Gasteiger partial charge in [0, 0.05) is 19.6 Å². The number of rotatable bonds is 1. The van der Waals surface area contributed by atoms with Crippen LogP contribution in [0.1, 0.15) is 32.1 Å². The third-order valence-electron chi connectivity index (χ3n) is 4.11. The zero-order valence-electron chi connectivity index (χ0n) is 12.2. The standard InChI is InChI=1S/C13H22N4O2S/c1-17(2)12(19)15-11(20-3)14-10(18)16-13-6-4-9(8-13)5-7-13/h9H,4-8H2,1-3H3,(H2,14,15,16,18,19). The zero-order valence-corrected chi connectivity index (χ0v) is 13.0. The monoisotopic (exact) mass is 298 g/mol. The summed E-state index contributed by atoms with van der Waals surface area (Å²) in [5, 5.41) is 6.08. The van der Waals surface area contributed by atoms with Crippen molar-refractivity contribution in [3.05, 3.63) is 0 Å². The maximum absolute atomic E-state index is 12.1. The van der Waals surface area contributed by atoms with Crippen molar-refractivity contribution in [1.29, 1.82) is 0 Å². The van der Waals surface area contributed by atoms with Gasteiger partial charge < -0.3 is 10.2 Å². The number of thioether (sulfide) groups is 1. The van der Waals surface area contributed by atoms with Crippen LogP contribution in [-0.2, 0) is 0 Å². The van der Waals surface area contributed by atoms with Gasteiger partial charge in [0.1, 0.15) is 0 Å². The molecule has 0 aliphatic heterocycles. The number of nitrogens with one attached hydrogen (secondary N) is 2. The van der Waals surface area contributed by atoms with Crippen molar-refractivity contribution in [3.8, 4) is 0 Å². The fraction of sp³-hybridized carbons (Fsp3) is 0.769. The fourth-order valence-corrected chi connectivity index (χ4v) is 3.41. The second-order valence-corrected chi connectivity index (χ2v) is 6.60. The van der Waals surface area contributed by atoms with Gasteiger partial charge in [-0.2, -0.15) is 4.99 Å². The van der Waals surface area contributed by atoms with Crippen LogP contribution in [0, 0.1) is 5.92 Å². The molecule has 2 fully saturated rings. The molecule has 0 aromatic carbocycles. The van der Waals surface area contributed by atoms with Crippen molar-refractivity contribution in [2.45, 2.75) is 37.6 Å². The molecule has 0 aromatic heterocycles. The highest BCUT2D eigenvalue weighted by Crippen LogP contribution is 2.47. The number of carbonyl (C=O) groups is 2. The Labute approximate surface area is 123 Å². The van der Waals surface area contributed by atoms with Crippen molar-refractivity contribution < 1.29 is 9.59 Å². The quantitative estimate of drug-likeness (QED) is 0.574. The normalized spacial score (nSPS) is 28.4. The highest BCUT2D eigenvalue weighted by molar-refractivity contribution is 8.13. The number of carbonyl (C=O) groups excluding carboxylic acids is 2. The second kappa shape index (κ2) is 6.03. The minimum atomic E-state index is -0.380. The Morgan fingerprint density at radius 2 is 1.95 bits per heavy atom. The van der Waals surface area contributed by atoms with Crippen LogP contribution in [0.4, 0.5) is 9.59 Å². The van der Waals surface area contributed by atoms with Crippen LogP contribution in [0.25, 0.3) is 0 Å². The highest BCUT2D eigenvalue weighted by atomic mass is 32.2. The van der Waals surface area contributed by atoms with E-state index in [4.69, 9.17) is 0 Å². The minimum Gasteiger partial charge on any atom is -0.332 e. The maximum Gasteiger partial charge on any atom is 0.345 e. The van der Waals surface area contributed by atoms with E-state index in [0.29, 0.717) is 5.17 Å². The van der Waals surface area contributed by atoms with E-state index in [2.05, 4.69) is 15.6 Å². The molecule has 6 nitrogen and oxygen atoms in total. The predicted octanol–water partition coefficient (Wildman–Crippen LogP) is 2.02. The lowest BCUT2D eigenvalue weighted by atomic mass is 9.94. The summed E-state index contributed by atoms with van der Waals surface area (Å²) in [6, 6.07) is -0.637. The van der Waals surface area contributed by atoms with Crippen molar-refractivity contribution in [2.24, 2.45) is 10.9 Å². The molecule has 4 amide bonds. The summed E-state index contributed by atoms with van der Waals surface area (Å²) in [4.78, 5) is 28.8. The number of nitrogens with zero attached hydrogens (tertiary/aromatic N) is 2. The van der Waals surface area contributed by atoms with Crippen molar-refractivity contribution in [3.63, 3.8) is 0 Å². The molecule has 0 spiro atoms. The first-order valence-electron chi connectivity index (χ1n) is 6.87. The summed E-state index contributed by atoms with van der Waals surface area (Å²) in [5.74, 6) is 0.777. The Kier molecular flexibility index (Phi) is 4.57. The molecule has 2 aliphatic carbocycles. The molecular formula is C13H22N4O2S. The minimum absolute atomic E-state index is 0.0240. The summed E-state index contributed by atoms with van der Waals surface area (Å²) >= 11 is 1.25. The fourth-order valence-electron chi connectivity index (χ4n) is 3.05. The number of aliphatic imine (C=N–C) groups is 1. The molecular weight excluding hydrogens is 276 g/mol. The lowest BCUT2D eigenvalue weighted by Crippen LogP contribution is -2.50. The van der Waals surface area contributed by atoms with Crippen LogP contribution in [-0.4, -0.2) is 48.0 Å². The Morgan fingerprint density at radius 1 is 1.30 bits per heavy atom. The van der Waals surface area contributed by atoms with Crippen molar-refractivity contribution in [2.75, 3.05) is 20.4 Å². The molecule has 0 saturated heterocycles. The highest BCUT2D eigenvalue weighted by Gasteiger charge is 2.45. The summed E-state index contributed by atoms with van der Waals surface area (Å²) < 4.78 is 0. The van der Waals surface area contributed by atoms with Gasteiger partial charge in [-0.05, 0) is 44.3 Å². The molecule has 112 valence electrons. The third kappa shape index (κ3) is 3.45. The van der Waals surface area contributed by atoms with E-state index in [1.165, 1.54) is 29.5 Å². The second-order valence-electron chi connectivity index (χ2n) is 5.81. The van der Waals surface area contributed by atoms with Gasteiger partial charge in [-0.15, -0.1) is 0 Å². The molecule has 20 heavy (non-hydrogen) atoms. The van der Waals surface area contributed by atoms with Gasteiger partial charge in [0.2, 0.25) is 0 Å². The SMILES string of the molecule is CSC(=NC(=O)N(C)C)NC(=O)NC12CCC(CC1)C2. The summed E-state index contributed by atoms with van der Waals surface area (Å²) in [6.07, 6.45) is 7.41. The molecule has 2 N–H and O–H groups in total. The van der Waals surface area contributed by atoms with E-state index in [0.717, 1.165) is 25.2 Å². The zero-order chi connectivity index (χ0) is 14.8. The molecule has 2 aliphatic rings. The summed E-state index contributed by atoms with van der Waals surface area (Å²) in [6.45, 7) is 0. The van der Waals surface area contributed by atoms with E-state index in [1.807, 2.05) is 0 Å². The van der Waals surface area contributed by atoms with Crippen LogP contribution < -0.4 is 10.6 Å². The largest absolute Gasteiger partial charge is 0.345 e. The number of amidine groups is 1. The van der Waals surface area contributed by atoms with Crippen LogP contribution in [0.15, 0.2) is 4.99 Å². The van der Waals surface area contributed by atoms with Crippen molar-refractivity contribution in [1.82, 2.24) is 15.5 Å². The number of hydrogen-bond donors (Lipinski definition) is 2. The van der Waals surface area contributed by atoms with E-state index in [9.17, 15) is 9.59 Å². The van der Waals surface area contributed by atoms with Gasteiger partial charge >= 0.3 is 12.1 Å². The van der Waals surface area contributed by atoms with Gasteiger partial charge in [-0.1, -0.05) is 11.8 Å². The molecule has 2 rings (SSSR count). The molecule has 0 unspecified atom stereocenters. The van der Waals surface area contributed by atoms with Gasteiger partial charge in [-0.25, -0.2) is 9.59 Å². The van der Waals surface area contributed by atoms with Gasteiger partial charge in [-0.3, -0.25) is 5.32 Å². The maximum atomic E-state index is 12.1. The van der Waals surface area contributed by atoms with Crippen molar-refractivity contribution >= 4 is 29.0 Å². The van der Waals surface area contributed by atoms with Crippen LogP contribution in [0.5, 0.6) is 0 Å². The number of hydrogen-bond acceptors (Lipinski definition) is 3. The first-order valence-corrected chi connectivity index (χ1v) is 8.10. The average Bonchev–Trinajstić information content (AvgIpc) is 2.97. The molecule has 7 heteroatoms. The molecule has 0 atom stereocenters. The average molecular weight is 298 g/mol. The molecule has 2 saturated carbocycles. The Balaban J connectivity index is 1.91. The number of amides is 4. The van der Waals surface area contributed by atoms with Gasteiger partial charge in [0.25, 0.3) is 0 Å². The smallest absolute Gasteiger partial charge is 0.332 e. The van der Waals surface area contributed by atoms with Gasteiger partial charge in [0.15, 0.2) is 5.17 Å². The number of fused-ring (bicyclic) bond motifs is 2. The molecule has 0 heterocycles. The molecule has 2 bridgehead atoms. The van der Waals surface area contributed by atoms with Gasteiger partial charge in [0.05, 0.1) is 0 Å².